The largest absolute Gasteiger partial charge is 0.0683 e. The van der Waals surface area contributed by atoms with Crippen molar-refractivity contribution in [2.45, 2.75) is 68.7 Å². The van der Waals surface area contributed by atoms with E-state index in [1.165, 1.54) is 6.42 Å². The van der Waals surface area contributed by atoms with Crippen LogP contribution in [0.15, 0.2) is 0 Å². The topological polar surface area (TPSA) is 0 Å². The summed E-state index contributed by atoms with van der Waals surface area (Å²) in [6.45, 7) is 19.1. The van der Waals surface area contributed by atoms with Gasteiger partial charge in [0.05, 0.1) is 0 Å². The van der Waals surface area contributed by atoms with E-state index in [-0.39, 0.29) is 0 Å². The Labute approximate surface area is 87.1 Å². The lowest BCUT2D eigenvalue weighted by atomic mass is 10.3. The first-order chi connectivity index (χ1) is 6.04. The molecule has 1 saturated carbocycles. The Kier molecular flexibility index (Phi) is 20.9. The van der Waals surface area contributed by atoms with Gasteiger partial charge in [0.2, 0.25) is 0 Å². The third-order valence-electron chi connectivity index (χ3n) is 1.51. The average Bonchev–Trinajstić information content (AvgIpc) is 2.72. The predicted molar refractivity (Wildman–Crippen MR) is 66.2 cm³/mol. The lowest BCUT2D eigenvalue weighted by Crippen LogP contribution is -1.66. The molecule has 1 fully saturated rings. The normalized spacial score (nSPS) is 22.6. The van der Waals surface area contributed by atoms with Crippen LogP contribution in [0.3, 0.4) is 0 Å². The zero-order valence-electron chi connectivity index (χ0n) is 11.4. The van der Waals surface area contributed by atoms with Crippen LogP contribution in [0.25, 0.3) is 0 Å². The molecule has 0 aliphatic heterocycles. The Bertz CT molecular complexity index is 55.7. The van der Waals surface area contributed by atoms with E-state index in [4.69, 9.17) is 0 Å². The van der Waals surface area contributed by atoms with Crippen molar-refractivity contribution in [3.05, 3.63) is 0 Å². The van der Waals surface area contributed by atoms with E-state index in [0.717, 1.165) is 17.8 Å². The van der Waals surface area contributed by atoms with E-state index in [1.54, 1.807) is 0 Å². The predicted octanol–water partition coefficient (Wildman–Crippen LogP) is 5.38. The zero-order valence-corrected chi connectivity index (χ0v) is 11.4. The maximum Gasteiger partial charge on any atom is -0.0414 e. The summed E-state index contributed by atoms with van der Waals surface area (Å²) in [5.41, 5.74) is 0. The van der Waals surface area contributed by atoms with Gasteiger partial charge < -0.3 is 0 Å². The zero-order chi connectivity index (χ0) is 11.4. The summed E-state index contributed by atoms with van der Waals surface area (Å²) in [7, 11) is 0. The Balaban J connectivity index is -0.000000114. The van der Waals surface area contributed by atoms with Gasteiger partial charge in [0.25, 0.3) is 0 Å². The van der Waals surface area contributed by atoms with Crippen LogP contribution in [0.1, 0.15) is 68.7 Å². The second kappa shape index (κ2) is 14.5. The molecule has 0 unspecified atom stereocenters. The maximum absolute atomic E-state index is 2.30. The first-order valence-corrected chi connectivity index (χ1v) is 6.04. The van der Waals surface area contributed by atoms with Crippen molar-refractivity contribution in [2.24, 2.45) is 17.8 Å². The van der Waals surface area contributed by atoms with Crippen molar-refractivity contribution in [3.63, 3.8) is 0 Å². The van der Waals surface area contributed by atoms with Crippen LogP contribution in [-0.4, -0.2) is 0 Å². The molecule has 1 aliphatic rings. The fourth-order valence-corrected chi connectivity index (χ4v) is 0.508. The van der Waals surface area contributed by atoms with Gasteiger partial charge in [-0.05, 0) is 24.2 Å². The molecule has 2 atom stereocenters. The molecule has 13 heavy (non-hydrogen) atoms. The third-order valence-corrected chi connectivity index (χ3v) is 1.51. The van der Waals surface area contributed by atoms with Gasteiger partial charge in [0.1, 0.15) is 0 Å². The molecule has 0 spiro atoms. The number of rotatable bonds is 0. The minimum atomic E-state index is 0.833. The molecule has 0 N–H and O–H groups in total. The van der Waals surface area contributed by atoms with Gasteiger partial charge in [0.15, 0.2) is 0 Å². The molecule has 0 amide bonds. The van der Waals surface area contributed by atoms with Crippen LogP contribution in [0, 0.1) is 17.8 Å². The fraction of sp³-hybridized carbons (Fsp3) is 1.00. The first kappa shape index (κ1) is 18.7. The van der Waals surface area contributed by atoms with Crippen molar-refractivity contribution >= 4 is 0 Å². The molecule has 1 rings (SSSR count). The van der Waals surface area contributed by atoms with E-state index in [1.807, 2.05) is 27.7 Å². The average molecular weight is 188 g/mol. The maximum atomic E-state index is 2.30. The molecule has 1 aliphatic carbocycles. The Morgan fingerprint density at radius 1 is 0.769 bits per heavy atom. The summed E-state index contributed by atoms with van der Waals surface area (Å²) in [6, 6.07) is 0. The Morgan fingerprint density at radius 2 is 0.846 bits per heavy atom. The van der Waals surface area contributed by atoms with Crippen molar-refractivity contribution in [1.29, 1.82) is 0 Å². The van der Waals surface area contributed by atoms with Crippen LogP contribution in [0.2, 0.25) is 0 Å². The highest BCUT2D eigenvalue weighted by molar-refractivity contribution is 4.76. The second-order valence-electron chi connectivity index (χ2n) is 3.92. The summed E-state index contributed by atoms with van der Waals surface area (Å²) in [5.74, 6) is 2.94. The van der Waals surface area contributed by atoms with Crippen LogP contribution >= 0.6 is 0 Å². The van der Waals surface area contributed by atoms with Crippen LogP contribution in [-0.2, 0) is 0 Å². The molecule has 0 aromatic rings. The van der Waals surface area contributed by atoms with E-state index >= 15 is 0 Å². The van der Waals surface area contributed by atoms with Crippen molar-refractivity contribution in [3.8, 4) is 0 Å². The monoisotopic (exact) mass is 188 g/mol. The molecule has 0 aromatic heterocycles. The quantitative estimate of drug-likeness (QED) is 0.479. The molecule has 0 aromatic carbocycles. The fourth-order valence-electron chi connectivity index (χ4n) is 0.508. The minimum absolute atomic E-state index is 0.833. The SMILES string of the molecule is CC.CC.CC(C)C.C[C@@H]1C[C@@H]1C. The number of hydrogen-bond donors (Lipinski definition) is 0. The molecular formula is C13H32. The van der Waals surface area contributed by atoms with Gasteiger partial charge in [0, 0.05) is 0 Å². The summed E-state index contributed by atoms with van der Waals surface area (Å²) >= 11 is 0. The molecule has 84 valence electrons. The lowest BCUT2D eigenvalue weighted by Gasteiger charge is -1.79. The first-order valence-electron chi connectivity index (χ1n) is 6.04. The van der Waals surface area contributed by atoms with E-state index in [0.29, 0.717) is 0 Å². The molecule has 0 saturated heterocycles. The van der Waals surface area contributed by atoms with Gasteiger partial charge in [-0.15, -0.1) is 0 Å². The van der Waals surface area contributed by atoms with Crippen LogP contribution in [0.5, 0.6) is 0 Å². The molecule has 0 heterocycles. The highest BCUT2D eigenvalue weighted by Gasteiger charge is 2.26. The molecule has 0 radical (unpaired) electrons. The second-order valence-corrected chi connectivity index (χ2v) is 3.92. The van der Waals surface area contributed by atoms with Crippen molar-refractivity contribution in [2.75, 3.05) is 0 Å². The van der Waals surface area contributed by atoms with Crippen LogP contribution in [0.4, 0.5) is 0 Å². The third kappa shape index (κ3) is 33.3. The smallest absolute Gasteiger partial charge is 0.0414 e. The summed E-state index contributed by atoms with van der Waals surface area (Å²) in [4.78, 5) is 0. The van der Waals surface area contributed by atoms with Crippen molar-refractivity contribution < 1.29 is 0 Å². The van der Waals surface area contributed by atoms with Gasteiger partial charge in [-0.3, -0.25) is 0 Å². The van der Waals surface area contributed by atoms with Crippen LogP contribution < -0.4 is 0 Å². The highest BCUT2D eigenvalue weighted by Crippen LogP contribution is 2.36. The summed E-state index contributed by atoms with van der Waals surface area (Å²) < 4.78 is 0. The highest BCUT2D eigenvalue weighted by atomic mass is 14.3. The Hall–Kier alpha value is 0. The lowest BCUT2D eigenvalue weighted by molar-refractivity contribution is 0.737. The molecule has 0 nitrogen and oxygen atoms in total. The van der Waals surface area contributed by atoms with Gasteiger partial charge in [-0.25, -0.2) is 0 Å². The van der Waals surface area contributed by atoms with Gasteiger partial charge in [-0.1, -0.05) is 62.3 Å². The minimum Gasteiger partial charge on any atom is -0.0683 e. The van der Waals surface area contributed by atoms with Crippen molar-refractivity contribution in [1.82, 2.24) is 0 Å². The number of hydrogen-bond acceptors (Lipinski definition) is 0. The molecule has 0 heteroatoms. The summed E-state index contributed by atoms with van der Waals surface area (Å²) in [6.07, 6.45) is 1.47. The standard InChI is InChI=1S/C5H10.C4H10.2C2H6/c1-4-3-5(4)2;1-4(2)3;2*1-2/h4-5H,3H2,1-2H3;4H,1-3H3;2*1-2H3/t4-,5+;;;. The molecule has 0 bridgehead atoms. The summed E-state index contributed by atoms with van der Waals surface area (Å²) in [5, 5.41) is 0. The van der Waals surface area contributed by atoms with Gasteiger partial charge in [-0.2, -0.15) is 0 Å². The van der Waals surface area contributed by atoms with E-state index in [2.05, 4.69) is 34.6 Å². The van der Waals surface area contributed by atoms with E-state index < -0.39 is 0 Å². The Morgan fingerprint density at radius 3 is 0.846 bits per heavy atom. The van der Waals surface area contributed by atoms with E-state index in [9.17, 15) is 0 Å². The van der Waals surface area contributed by atoms with Gasteiger partial charge >= 0.3 is 0 Å². The molecular weight excluding hydrogens is 156 g/mol.